The Morgan fingerprint density at radius 3 is 1.78 bits per heavy atom. The van der Waals surface area contributed by atoms with Crippen LogP contribution in [0.4, 0.5) is 13.2 Å². The summed E-state index contributed by atoms with van der Waals surface area (Å²) in [4.78, 5) is 13.7. The van der Waals surface area contributed by atoms with Crippen molar-refractivity contribution in [3.05, 3.63) is 173 Å². The zero-order valence-corrected chi connectivity index (χ0v) is 28.5. The van der Waals surface area contributed by atoms with Gasteiger partial charge in [0.15, 0.2) is 5.82 Å². The molecule has 10 heteroatoms. The second kappa shape index (κ2) is 16.6. The highest BCUT2D eigenvalue weighted by atomic mass is 35.5. The molecule has 0 saturated heterocycles. The van der Waals surface area contributed by atoms with Crippen molar-refractivity contribution in [2.24, 2.45) is 7.05 Å². The average molecular weight is 699 g/mol. The van der Waals surface area contributed by atoms with Crippen LogP contribution in [-0.2, 0) is 24.0 Å². The third kappa shape index (κ3) is 8.67. The molecule has 6 aromatic rings. The zero-order chi connectivity index (χ0) is 34.7. The van der Waals surface area contributed by atoms with Crippen LogP contribution < -0.4 is 0 Å². The maximum absolute atomic E-state index is 13.0. The number of hydrogen-bond acceptors (Lipinski definition) is 5. The summed E-state index contributed by atoms with van der Waals surface area (Å²) in [5.41, 5.74) is 3.72. The van der Waals surface area contributed by atoms with E-state index in [1.165, 1.54) is 6.20 Å². The summed E-state index contributed by atoms with van der Waals surface area (Å²) in [6, 6.07) is 38.1. The van der Waals surface area contributed by atoms with E-state index in [4.69, 9.17) is 21.3 Å². The lowest BCUT2D eigenvalue weighted by Gasteiger charge is -2.36. The molecular formula is C39H34ClF3N4OS. The van der Waals surface area contributed by atoms with Gasteiger partial charge in [-0.2, -0.15) is 13.2 Å². The first kappa shape index (κ1) is 35.6. The van der Waals surface area contributed by atoms with Gasteiger partial charge in [0.05, 0.1) is 18.5 Å². The van der Waals surface area contributed by atoms with Gasteiger partial charge >= 0.3 is 6.18 Å². The molecule has 0 atom stereocenters. The Morgan fingerprint density at radius 1 is 0.796 bits per heavy atom. The molecule has 0 aliphatic heterocycles. The summed E-state index contributed by atoms with van der Waals surface area (Å²) in [5.74, 6) is 1.20. The number of alkyl halides is 3. The molecule has 3 aromatic carbocycles. The van der Waals surface area contributed by atoms with Crippen molar-refractivity contribution < 1.29 is 17.9 Å². The minimum atomic E-state index is -4.64. The van der Waals surface area contributed by atoms with Gasteiger partial charge in [0.25, 0.3) is 0 Å². The predicted octanol–water partition coefficient (Wildman–Crippen LogP) is 10.3. The molecule has 3 aromatic heterocycles. The normalized spacial score (nSPS) is 11.9. The molecule has 0 radical (unpaired) electrons. The fourth-order valence-corrected chi connectivity index (χ4v) is 6.20. The van der Waals surface area contributed by atoms with Gasteiger partial charge in [0, 0.05) is 30.5 Å². The first-order valence-electron chi connectivity index (χ1n) is 15.5. The second-order valence-corrected chi connectivity index (χ2v) is 12.5. The monoisotopic (exact) mass is 698 g/mol. The van der Waals surface area contributed by atoms with E-state index in [0.717, 1.165) is 39.0 Å². The van der Waals surface area contributed by atoms with Crippen molar-refractivity contribution in [2.75, 3.05) is 5.75 Å². The van der Waals surface area contributed by atoms with E-state index in [9.17, 15) is 13.2 Å². The number of rotatable bonds is 10. The Hall–Kier alpha value is -4.70. The van der Waals surface area contributed by atoms with Gasteiger partial charge in [-0.25, -0.2) is 4.98 Å². The van der Waals surface area contributed by atoms with Crippen LogP contribution in [0.15, 0.2) is 150 Å². The van der Waals surface area contributed by atoms with E-state index in [-0.39, 0.29) is 12.3 Å². The van der Waals surface area contributed by atoms with Gasteiger partial charge in [-0.05, 0) is 52.3 Å². The molecule has 49 heavy (non-hydrogen) atoms. The van der Waals surface area contributed by atoms with Gasteiger partial charge in [0.1, 0.15) is 16.3 Å². The molecule has 0 aliphatic carbocycles. The number of benzene rings is 3. The Morgan fingerprint density at radius 2 is 1.33 bits per heavy atom. The Kier molecular flexibility index (Phi) is 12.1. The van der Waals surface area contributed by atoms with Crippen LogP contribution in [0.5, 0.6) is 0 Å². The number of nitrogens with zero attached hydrogens (tertiary/aromatic N) is 4. The zero-order valence-electron chi connectivity index (χ0n) is 26.9. The predicted molar refractivity (Wildman–Crippen MR) is 191 cm³/mol. The largest absolute Gasteiger partial charge is 0.427 e. The third-order valence-corrected chi connectivity index (χ3v) is 8.79. The lowest BCUT2D eigenvalue weighted by Crippen LogP contribution is -2.32. The minimum absolute atomic E-state index is 0.220. The number of aromatic nitrogens is 4. The molecule has 6 rings (SSSR count). The standard InChI is InChI=1S/C34H29ClF3N3OS.C5H5N/c1-3-43-29-19-24(21-39-31(29)32-40-22-28(41(32)2)20-30(35)34(36,37)38)23-42-33(25-13-7-4-8-14-25,26-15-9-5-10-16-26)27-17-11-6-12-18-27;1-2-4-6-5-3-1/h4-22H,3,23H2,1-2H3;1-5H. The molecule has 250 valence electrons. The van der Waals surface area contributed by atoms with E-state index in [2.05, 4.69) is 46.4 Å². The van der Waals surface area contributed by atoms with Crippen molar-refractivity contribution in [1.29, 1.82) is 0 Å². The Balaban J connectivity index is 0.000000704. The molecular weight excluding hydrogens is 665 g/mol. The Bertz CT molecular complexity index is 1810. The lowest BCUT2D eigenvalue weighted by molar-refractivity contribution is -0.0837. The molecule has 5 nitrogen and oxygen atoms in total. The van der Waals surface area contributed by atoms with E-state index in [1.807, 2.05) is 85.8 Å². The molecule has 0 unspecified atom stereocenters. The summed E-state index contributed by atoms with van der Waals surface area (Å²) in [6.45, 7) is 2.28. The number of thioether (sulfide) groups is 1. The maximum Gasteiger partial charge on any atom is 0.427 e. The maximum atomic E-state index is 13.0. The summed E-state index contributed by atoms with van der Waals surface area (Å²) >= 11 is 7.06. The van der Waals surface area contributed by atoms with Crippen LogP contribution in [0.3, 0.4) is 0 Å². The topological polar surface area (TPSA) is 52.8 Å². The summed E-state index contributed by atoms with van der Waals surface area (Å²) in [5, 5.41) is -1.22. The highest BCUT2D eigenvalue weighted by Gasteiger charge is 2.37. The molecule has 0 aliphatic rings. The highest BCUT2D eigenvalue weighted by Crippen LogP contribution is 2.41. The average Bonchev–Trinajstić information content (AvgIpc) is 3.49. The lowest BCUT2D eigenvalue weighted by atomic mass is 9.80. The van der Waals surface area contributed by atoms with E-state index >= 15 is 0 Å². The van der Waals surface area contributed by atoms with Gasteiger partial charge in [-0.1, -0.05) is 116 Å². The van der Waals surface area contributed by atoms with Crippen molar-refractivity contribution in [1.82, 2.24) is 19.5 Å². The van der Waals surface area contributed by atoms with Gasteiger partial charge in [-0.3, -0.25) is 9.97 Å². The SMILES string of the molecule is CCSc1cc(COC(c2ccccc2)(c2ccccc2)c2ccccc2)cnc1-c1ncc(C=C(Cl)C(F)(F)F)n1C.c1ccncc1. The van der Waals surface area contributed by atoms with Gasteiger partial charge in [-0.15, -0.1) is 11.8 Å². The molecule has 0 saturated carbocycles. The van der Waals surface area contributed by atoms with E-state index < -0.39 is 16.8 Å². The van der Waals surface area contributed by atoms with Crippen LogP contribution in [0, 0.1) is 0 Å². The van der Waals surface area contributed by atoms with Crippen molar-refractivity contribution in [3.63, 3.8) is 0 Å². The number of allylic oxidation sites excluding steroid dienone is 1. The Labute approximate surface area is 293 Å². The summed E-state index contributed by atoms with van der Waals surface area (Å²) in [6.07, 6.45) is 2.82. The fraction of sp³-hybridized carbons (Fsp3) is 0.154. The summed E-state index contributed by atoms with van der Waals surface area (Å²) in [7, 11) is 1.64. The molecule has 0 fully saturated rings. The van der Waals surface area contributed by atoms with E-state index in [0.29, 0.717) is 11.5 Å². The van der Waals surface area contributed by atoms with Crippen molar-refractivity contribution in [2.45, 2.75) is 30.2 Å². The second-order valence-electron chi connectivity index (χ2n) is 10.8. The number of imidazole rings is 1. The molecule has 0 N–H and O–H groups in total. The number of hydrogen-bond donors (Lipinski definition) is 0. The van der Waals surface area contributed by atoms with E-state index in [1.54, 1.807) is 42.0 Å². The molecule has 0 bridgehead atoms. The first-order chi connectivity index (χ1) is 23.7. The van der Waals surface area contributed by atoms with Crippen molar-refractivity contribution in [3.8, 4) is 11.5 Å². The van der Waals surface area contributed by atoms with Crippen LogP contribution >= 0.6 is 23.4 Å². The number of pyridine rings is 2. The molecule has 3 heterocycles. The smallest absolute Gasteiger partial charge is 0.356 e. The first-order valence-corrected chi connectivity index (χ1v) is 16.8. The highest BCUT2D eigenvalue weighted by molar-refractivity contribution is 7.99. The molecule has 0 spiro atoms. The van der Waals surface area contributed by atoms with Crippen LogP contribution in [0.2, 0.25) is 0 Å². The van der Waals surface area contributed by atoms with Crippen LogP contribution in [0.1, 0.15) is 34.9 Å². The van der Waals surface area contributed by atoms with Gasteiger partial charge < -0.3 is 9.30 Å². The van der Waals surface area contributed by atoms with Gasteiger partial charge in [0.2, 0.25) is 0 Å². The third-order valence-electron chi connectivity index (χ3n) is 7.55. The quantitative estimate of drug-likeness (QED) is 0.105. The van der Waals surface area contributed by atoms with Crippen LogP contribution in [-0.4, -0.2) is 31.4 Å². The number of halogens is 4. The fourth-order valence-electron chi connectivity index (χ4n) is 5.26. The van der Waals surface area contributed by atoms with Crippen LogP contribution in [0.25, 0.3) is 17.6 Å². The summed E-state index contributed by atoms with van der Waals surface area (Å²) < 4.78 is 47.6. The van der Waals surface area contributed by atoms with Crippen molar-refractivity contribution >= 4 is 29.4 Å². The minimum Gasteiger partial charge on any atom is -0.356 e. The molecule has 0 amide bonds. The number of ether oxygens (including phenoxy) is 1.